The first-order valence-electron chi connectivity index (χ1n) is 7.96. The molecule has 0 unspecified atom stereocenters. The van der Waals surface area contributed by atoms with Gasteiger partial charge in [0.25, 0.3) is 0 Å². The van der Waals surface area contributed by atoms with E-state index in [-0.39, 0.29) is 5.82 Å². The molecule has 2 N–H and O–H groups in total. The molecule has 3 heterocycles. The largest absolute Gasteiger partial charge is 0.509 e. The van der Waals surface area contributed by atoms with Crippen molar-refractivity contribution in [1.82, 2.24) is 9.55 Å². The molecule has 1 aromatic rings. The lowest BCUT2D eigenvalue weighted by molar-refractivity contribution is -0.154. The standard InChI is InChI=1S/C14H17N3O8/c1-6(2)12(18)22-5-7-9-10(25-14(20)24-9)11(23-7)17-4-3-8(16-21)15-13(17)19/h3-4,6-7,9-11,21H,5H2,1-2H3,(H,15,16,19)/t7-,9-,10-,11-/m1/s1/i7D. The molecule has 11 heteroatoms. The van der Waals surface area contributed by atoms with Crippen LogP contribution in [0.15, 0.2) is 17.1 Å². The Balaban J connectivity index is 1.87. The van der Waals surface area contributed by atoms with Crippen molar-refractivity contribution in [3.05, 3.63) is 22.7 Å². The number of nitrogens with zero attached hydrogens (tertiary/aromatic N) is 2. The Bertz CT molecular complexity index is 784. The number of rotatable bonds is 5. The maximum atomic E-state index is 12.1. The molecule has 1 aromatic heterocycles. The monoisotopic (exact) mass is 356 g/mol. The summed E-state index contributed by atoms with van der Waals surface area (Å²) in [5, 5.41) is 8.79. The van der Waals surface area contributed by atoms with Crippen molar-refractivity contribution in [2.75, 3.05) is 12.1 Å². The van der Waals surface area contributed by atoms with E-state index in [9.17, 15) is 14.4 Å². The molecule has 2 aliphatic rings. The number of carbonyl (C=O) groups excluding carboxylic acids is 2. The number of anilines is 1. The van der Waals surface area contributed by atoms with Gasteiger partial charge in [0.15, 0.2) is 24.3 Å². The number of hydrogen-bond acceptors (Lipinski definition) is 10. The highest BCUT2D eigenvalue weighted by atomic mass is 16.8. The van der Waals surface area contributed by atoms with Crippen LogP contribution in [0, 0.1) is 5.92 Å². The van der Waals surface area contributed by atoms with E-state index in [1.165, 1.54) is 12.3 Å². The second-order valence-corrected chi connectivity index (χ2v) is 5.72. The number of carbonyl (C=O) groups is 2. The van der Waals surface area contributed by atoms with E-state index >= 15 is 0 Å². The Morgan fingerprint density at radius 2 is 2.20 bits per heavy atom. The minimum atomic E-state index is -1.96. The van der Waals surface area contributed by atoms with Gasteiger partial charge in [0, 0.05) is 6.20 Å². The van der Waals surface area contributed by atoms with E-state index in [4.69, 9.17) is 25.5 Å². The van der Waals surface area contributed by atoms with Crippen LogP contribution in [-0.2, 0) is 23.7 Å². The number of esters is 1. The maximum absolute atomic E-state index is 12.1. The average Bonchev–Trinajstić information content (AvgIpc) is 3.10. The summed E-state index contributed by atoms with van der Waals surface area (Å²) in [5.41, 5.74) is 0.908. The number of hydrogen-bond donors (Lipinski definition) is 2. The summed E-state index contributed by atoms with van der Waals surface area (Å²) in [7, 11) is 0. The van der Waals surface area contributed by atoms with Gasteiger partial charge < -0.3 is 18.9 Å². The van der Waals surface area contributed by atoms with Crippen molar-refractivity contribution in [2.45, 2.75) is 38.4 Å². The van der Waals surface area contributed by atoms with Crippen LogP contribution in [0.1, 0.15) is 21.4 Å². The first kappa shape index (κ1) is 15.8. The normalized spacial score (nSPS) is 31.1. The number of nitrogens with one attached hydrogen (secondary N) is 1. The summed E-state index contributed by atoms with van der Waals surface area (Å²) in [6.07, 6.45) is -5.26. The maximum Gasteiger partial charge on any atom is 0.509 e. The van der Waals surface area contributed by atoms with Crippen LogP contribution in [0.3, 0.4) is 0 Å². The van der Waals surface area contributed by atoms with E-state index in [1.807, 2.05) is 0 Å². The molecule has 2 fully saturated rings. The highest BCUT2D eigenvalue weighted by molar-refractivity contribution is 5.71. The van der Waals surface area contributed by atoms with Crippen molar-refractivity contribution < 1.29 is 35.1 Å². The molecule has 4 atom stereocenters. The van der Waals surface area contributed by atoms with Crippen LogP contribution < -0.4 is 11.2 Å². The Kier molecular flexibility index (Phi) is 4.24. The molecule has 0 amide bonds. The zero-order valence-electron chi connectivity index (χ0n) is 14.4. The van der Waals surface area contributed by atoms with Crippen molar-refractivity contribution in [2.24, 2.45) is 5.92 Å². The summed E-state index contributed by atoms with van der Waals surface area (Å²) < 4.78 is 30.0. The summed E-state index contributed by atoms with van der Waals surface area (Å²) >= 11 is 0. The summed E-state index contributed by atoms with van der Waals surface area (Å²) in [4.78, 5) is 38.9. The lowest BCUT2D eigenvalue weighted by Gasteiger charge is -2.18. The van der Waals surface area contributed by atoms with Gasteiger partial charge in [-0.2, -0.15) is 4.98 Å². The predicted octanol–water partition coefficient (Wildman–Crippen LogP) is 0.0450. The van der Waals surface area contributed by atoms with Gasteiger partial charge in [-0.3, -0.25) is 20.0 Å². The lowest BCUT2D eigenvalue weighted by atomic mass is 10.1. The summed E-state index contributed by atoms with van der Waals surface area (Å²) in [6, 6.07) is 1.28. The molecule has 3 rings (SSSR count). The predicted molar refractivity (Wildman–Crippen MR) is 78.8 cm³/mol. The first-order chi connectivity index (χ1) is 12.2. The fourth-order valence-electron chi connectivity index (χ4n) is 2.43. The molecule has 0 aromatic carbocycles. The Morgan fingerprint density at radius 1 is 1.48 bits per heavy atom. The van der Waals surface area contributed by atoms with Crippen LogP contribution >= 0.6 is 0 Å². The van der Waals surface area contributed by atoms with E-state index in [0.717, 1.165) is 4.57 Å². The summed E-state index contributed by atoms with van der Waals surface area (Å²) in [5.74, 6) is -1.06. The van der Waals surface area contributed by atoms with Gasteiger partial charge in [0.05, 0.1) is 7.29 Å². The minimum absolute atomic E-state index is 0.0940. The third kappa shape index (κ3) is 3.28. The van der Waals surface area contributed by atoms with Gasteiger partial charge >= 0.3 is 17.8 Å². The molecular weight excluding hydrogens is 338 g/mol. The molecule has 2 aliphatic heterocycles. The highest BCUT2D eigenvalue weighted by Gasteiger charge is 2.55. The third-order valence-electron chi connectivity index (χ3n) is 3.67. The molecule has 0 bridgehead atoms. The van der Waals surface area contributed by atoms with E-state index in [2.05, 4.69) is 4.98 Å². The molecule has 2 saturated heterocycles. The van der Waals surface area contributed by atoms with Crippen LogP contribution in [-0.4, -0.2) is 51.8 Å². The molecule has 0 aliphatic carbocycles. The molecule has 0 saturated carbocycles. The highest BCUT2D eigenvalue weighted by Crippen LogP contribution is 2.37. The van der Waals surface area contributed by atoms with Gasteiger partial charge in [-0.15, -0.1) is 0 Å². The number of ether oxygens (including phenoxy) is 4. The van der Waals surface area contributed by atoms with Gasteiger partial charge in [0.1, 0.15) is 12.7 Å². The summed E-state index contributed by atoms with van der Waals surface area (Å²) in [6.45, 7) is 2.73. The smallest absolute Gasteiger partial charge is 0.463 e. The molecule has 0 spiro atoms. The molecule has 25 heavy (non-hydrogen) atoms. The second-order valence-electron chi connectivity index (χ2n) is 5.72. The van der Waals surface area contributed by atoms with Crippen LogP contribution in [0.5, 0.6) is 0 Å². The van der Waals surface area contributed by atoms with Crippen molar-refractivity contribution in [1.29, 1.82) is 0 Å². The molecule has 11 nitrogen and oxygen atoms in total. The lowest BCUT2D eigenvalue weighted by Crippen LogP contribution is -2.34. The fraction of sp³-hybridized carbons (Fsp3) is 0.571. The SMILES string of the molecule is [2H][C@]1(COC(=O)C(C)C)O[C@@H](n2ccc(NO)nc2=O)[C@@H]2OC(=O)O[C@@H]21. The van der Waals surface area contributed by atoms with E-state index < -0.39 is 54.9 Å². The number of aromatic nitrogens is 2. The minimum Gasteiger partial charge on any atom is -0.463 e. The van der Waals surface area contributed by atoms with Crippen molar-refractivity contribution >= 4 is 17.9 Å². The van der Waals surface area contributed by atoms with Crippen molar-refractivity contribution in [3.8, 4) is 0 Å². The second kappa shape index (κ2) is 6.69. The zero-order valence-corrected chi connectivity index (χ0v) is 13.4. The molecular formula is C14H17N3O8. The first-order valence-corrected chi connectivity index (χ1v) is 7.46. The van der Waals surface area contributed by atoms with Crippen LogP contribution in [0.25, 0.3) is 0 Å². The fourth-order valence-corrected chi connectivity index (χ4v) is 2.43. The Morgan fingerprint density at radius 3 is 2.84 bits per heavy atom. The average molecular weight is 356 g/mol. The van der Waals surface area contributed by atoms with E-state index in [1.54, 1.807) is 19.3 Å². The van der Waals surface area contributed by atoms with Gasteiger partial charge in [-0.25, -0.2) is 9.59 Å². The molecule has 0 radical (unpaired) electrons. The van der Waals surface area contributed by atoms with Crippen molar-refractivity contribution in [3.63, 3.8) is 0 Å². The van der Waals surface area contributed by atoms with E-state index in [0.29, 0.717) is 0 Å². The zero-order chi connectivity index (χ0) is 19.1. The number of fused-ring (bicyclic) bond motifs is 1. The van der Waals surface area contributed by atoms with Crippen LogP contribution in [0.2, 0.25) is 0 Å². The van der Waals surface area contributed by atoms with Gasteiger partial charge in [-0.05, 0) is 6.07 Å². The third-order valence-corrected chi connectivity index (χ3v) is 3.67. The van der Waals surface area contributed by atoms with Gasteiger partial charge in [0.2, 0.25) is 0 Å². The van der Waals surface area contributed by atoms with Crippen LogP contribution in [0.4, 0.5) is 10.6 Å². The Labute approximate surface area is 142 Å². The Hall–Kier alpha value is -2.66. The topological polar surface area (TPSA) is 138 Å². The molecule has 136 valence electrons. The quantitative estimate of drug-likeness (QED) is 0.549. The van der Waals surface area contributed by atoms with Gasteiger partial charge in [-0.1, -0.05) is 13.8 Å².